The number of carbonyl (C=O) groups excluding carboxylic acids is 2. The fourth-order valence-electron chi connectivity index (χ4n) is 3.74. The molecule has 26 heavy (non-hydrogen) atoms. The monoisotopic (exact) mass is 386 g/mol. The minimum absolute atomic E-state index is 0.0634. The molecule has 1 fully saturated rings. The molecule has 2 atom stereocenters. The molecule has 4 rings (SSSR count). The van der Waals surface area contributed by atoms with Crippen LogP contribution in [0.3, 0.4) is 0 Å². The van der Waals surface area contributed by atoms with E-state index in [1.165, 1.54) is 0 Å². The third-order valence-electron chi connectivity index (χ3n) is 4.90. The molecule has 4 nitrogen and oxygen atoms in total. The molecule has 0 radical (unpaired) electrons. The van der Waals surface area contributed by atoms with E-state index in [9.17, 15) is 9.59 Å². The van der Waals surface area contributed by atoms with Crippen LogP contribution in [-0.4, -0.2) is 27.5 Å². The number of thioether (sulfide) groups is 1. The van der Waals surface area contributed by atoms with Crippen molar-refractivity contribution in [1.29, 1.82) is 0 Å². The summed E-state index contributed by atoms with van der Waals surface area (Å²) in [6.07, 6.45) is 0. The van der Waals surface area contributed by atoms with Crippen molar-refractivity contribution in [3.63, 3.8) is 0 Å². The molecule has 2 heterocycles. The molecule has 2 unspecified atom stereocenters. The minimum Gasteiger partial charge on any atom is -0.350 e. The first kappa shape index (κ1) is 17.4. The van der Waals surface area contributed by atoms with Crippen LogP contribution in [0.25, 0.3) is 0 Å². The minimum atomic E-state index is -0.517. The Kier molecular flexibility index (Phi) is 4.24. The number of hydrogen-bond acceptors (Lipinski definition) is 3. The molecule has 1 N–H and O–H groups in total. The third-order valence-corrected chi connectivity index (χ3v) is 6.67. The Morgan fingerprint density at radius 2 is 2.00 bits per heavy atom. The highest BCUT2D eigenvalue weighted by molar-refractivity contribution is 8.01. The highest BCUT2D eigenvalue weighted by Gasteiger charge is 2.57. The number of fused-ring (bicyclic) bond motifs is 3. The Balaban J connectivity index is 1.57. The summed E-state index contributed by atoms with van der Waals surface area (Å²) in [5.74, 6) is -0.197. The van der Waals surface area contributed by atoms with Crippen LogP contribution in [0.1, 0.15) is 40.7 Å². The number of amides is 2. The molecular formula is C20H19ClN2O2S. The summed E-state index contributed by atoms with van der Waals surface area (Å²) >= 11 is 7.68. The number of nitrogens with zero attached hydrogens (tertiary/aromatic N) is 1. The van der Waals surface area contributed by atoms with Crippen LogP contribution in [0.2, 0.25) is 5.02 Å². The van der Waals surface area contributed by atoms with Gasteiger partial charge in [-0.25, -0.2) is 0 Å². The van der Waals surface area contributed by atoms with Gasteiger partial charge in [0.1, 0.15) is 11.4 Å². The van der Waals surface area contributed by atoms with E-state index in [0.717, 1.165) is 11.1 Å². The van der Waals surface area contributed by atoms with Gasteiger partial charge >= 0.3 is 0 Å². The molecule has 2 aromatic rings. The molecule has 0 saturated carbocycles. The zero-order valence-electron chi connectivity index (χ0n) is 14.5. The van der Waals surface area contributed by atoms with Crippen molar-refractivity contribution in [1.82, 2.24) is 10.2 Å². The second-order valence-electron chi connectivity index (χ2n) is 7.12. The summed E-state index contributed by atoms with van der Waals surface area (Å²) in [7, 11) is 0. The van der Waals surface area contributed by atoms with Gasteiger partial charge in [0.25, 0.3) is 5.91 Å². The van der Waals surface area contributed by atoms with Crippen LogP contribution < -0.4 is 5.32 Å². The molecule has 0 aromatic heterocycles. The summed E-state index contributed by atoms with van der Waals surface area (Å²) in [6.45, 7) is 4.43. The fourth-order valence-corrected chi connectivity index (χ4v) is 5.54. The molecule has 134 valence electrons. The summed E-state index contributed by atoms with van der Waals surface area (Å²) in [6, 6.07) is 14.5. The first-order valence-electron chi connectivity index (χ1n) is 8.50. The Morgan fingerprint density at radius 1 is 1.23 bits per heavy atom. The van der Waals surface area contributed by atoms with E-state index in [0.29, 0.717) is 17.1 Å². The van der Waals surface area contributed by atoms with Crippen LogP contribution in [0.5, 0.6) is 0 Å². The first-order valence-corrected chi connectivity index (χ1v) is 9.76. The van der Waals surface area contributed by atoms with Gasteiger partial charge < -0.3 is 10.2 Å². The van der Waals surface area contributed by atoms with Gasteiger partial charge in [0.15, 0.2) is 0 Å². The van der Waals surface area contributed by atoms with E-state index < -0.39 is 6.04 Å². The van der Waals surface area contributed by atoms with E-state index in [4.69, 9.17) is 11.6 Å². The maximum atomic E-state index is 13.0. The Bertz CT molecular complexity index is 899. The molecule has 0 aliphatic carbocycles. The van der Waals surface area contributed by atoms with Crippen molar-refractivity contribution in [2.75, 3.05) is 0 Å². The van der Waals surface area contributed by atoms with Gasteiger partial charge in [0.05, 0.1) is 0 Å². The van der Waals surface area contributed by atoms with Crippen molar-refractivity contribution in [3.05, 3.63) is 70.2 Å². The zero-order valence-corrected chi connectivity index (χ0v) is 16.1. The van der Waals surface area contributed by atoms with Gasteiger partial charge in [-0.15, -0.1) is 11.8 Å². The smallest absolute Gasteiger partial charge is 0.256 e. The number of nitrogens with one attached hydrogen (secondary N) is 1. The molecule has 2 amide bonds. The van der Waals surface area contributed by atoms with Crippen LogP contribution in [0.4, 0.5) is 0 Å². The van der Waals surface area contributed by atoms with Crippen LogP contribution >= 0.6 is 23.4 Å². The maximum absolute atomic E-state index is 13.0. The lowest BCUT2D eigenvalue weighted by Gasteiger charge is -2.29. The number of hydrogen-bond donors (Lipinski definition) is 1. The predicted molar refractivity (Wildman–Crippen MR) is 104 cm³/mol. The van der Waals surface area contributed by atoms with Crippen molar-refractivity contribution >= 4 is 35.2 Å². The third kappa shape index (κ3) is 2.79. The highest BCUT2D eigenvalue weighted by Crippen LogP contribution is 2.56. The van der Waals surface area contributed by atoms with Gasteiger partial charge in [0, 0.05) is 21.9 Å². The Labute approximate surface area is 161 Å². The molecule has 6 heteroatoms. The summed E-state index contributed by atoms with van der Waals surface area (Å²) in [5, 5.41) is 3.52. The van der Waals surface area contributed by atoms with Gasteiger partial charge in [-0.3, -0.25) is 9.59 Å². The Morgan fingerprint density at radius 3 is 2.77 bits per heavy atom. The quantitative estimate of drug-likeness (QED) is 0.867. The van der Waals surface area contributed by atoms with Gasteiger partial charge in [-0.2, -0.15) is 0 Å². The second kappa shape index (κ2) is 6.32. The summed E-state index contributed by atoms with van der Waals surface area (Å²) < 4.78 is -0.369. The van der Waals surface area contributed by atoms with Crippen molar-refractivity contribution in [3.8, 4) is 0 Å². The van der Waals surface area contributed by atoms with Crippen molar-refractivity contribution < 1.29 is 9.59 Å². The van der Waals surface area contributed by atoms with Crippen molar-refractivity contribution in [2.24, 2.45) is 0 Å². The maximum Gasteiger partial charge on any atom is 0.256 e. The zero-order chi connectivity index (χ0) is 18.5. The second-order valence-corrected chi connectivity index (χ2v) is 9.29. The molecule has 2 aliphatic rings. The Hall–Kier alpha value is -1.98. The van der Waals surface area contributed by atoms with Gasteiger partial charge in [-0.05, 0) is 43.2 Å². The molecule has 2 aliphatic heterocycles. The number of rotatable bonds is 3. The van der Waals surface area contributed by atoms with E-state index in [-0.39, 0.29) is 21.9 Å². The first-order chi connectivity index (χ1) is 12.4. The van der Waals surface area contributed by atoms with E-state index >= 15 is 0 Å². The van der Waals surface area contributed by atoms with Crippen molar-refractivity contribution in [2.45, 2.75) is 36.6 Å². The topological polar surface area (TPSA) is 49.4 Å². The number of halogens is 1. The summed E-state index contributed by atoms with van der Waals surface area (Å²) in [4.78, 5) is 27.7. The molecule has 0 bridgehead atoms. The van der Waals surface area contributed by atoms with E-state index in [1.54, 1.807) is 22.7 Å². The number of benzene rings is 2. The average molecular weight is 387 g/mol. The predicted octanol–water partition coefficient (Wildman–Crippen LogP) is 4.00. The molecule has 1 saturated heterocycles. The van der Waals surface area contributed by atoms with Gasteiger partial charge in [-0.1, -0.05) is 41.9 Å². The lowest BCUT2D eigenvalue weighted by Crippen LogP contribution is -2.52. The molecule has 0 spiro atoms. The SMILES string of the molecule is CC1(C)SC2c3ccccc3C(=O)N2C1C(=O)NCc1cccc(Cl)c1. The molecule has 2 aromatic carbocycles. The van der Waals surface area contributed by atoms with Crippen LogP contribution in [0, 0.1) is 0 Å². The fraction of sp³-hybridized carbons (Fsp3) is 0.300. The summed E-state index contributed by atoms with van der Waals surface area (Å²) in [5.41, 5.74) is 2.63. The van der Waals surface area contributed by atoms with Gasteiger partial charge in [0.2, 0.25) is 5.91 Å². The lowest BCUT2D eigenvalue weighted by molar-refractivity contribution is -0.126. The molecular weight excluding hydrogens is 368 g/mol. The number of carbonyl (C=O) groups is 2. The highest BCUT2D eigenvalue weighted by atomic mass is 35.5. The normalized spacial score (nSPS) is 22.9. The average Bonchev–Trinajstić information content (AvgIpc) is 3.03. The standard InChI is InChI=1S/C20H19ClN2O2S/c1-20(2)16(17(24)22-11-12-6-5-7-13(21)10-12)23-18(25)14-8-3-4-9-15(14)19(23)26-20/h3-10,16,19H,11H2,1-2H3,(H,22,24). The van der Waals surface area contributed by atoms with E-state index in [2.05, 4.69) is 5.32 Å². The van der Waals surface area contributed by atoms with Crippen LogP contribution in [-0.2, 0) is 11.3 Å². The lowest BCUT2D eigenvalue weighted by atomic mass is 10.0. The largest absolute Gasteiger partial charge is 0.350 e. The van der Waals surface area contributed by atoms with E-state index in [1.807, 2.05) is 56.3 Å². The van der Waals surface area contributed by atoms with Crippen LogP contribution in [0.15, 0.2) is 48.5 Å².